The summed E-state index contributed by atoms with van der Waals surface area (Å²) in [7, 11) is 2.09. The van der Waals surface area contributed by atoms with Crippen LogP contribution in [0.5, 0.6) is 0 Å². The van der Waals surface area contributed by atoms with Crippen LogP contribution in [0, 0.1) is 11.3 Å². The van der Waals surface area contributed by atoms with Crippen molar-refractivity contribution < 1.29 is 0 Å². The molecule has 0 atom stereocenters. The van der Waals surface area contributed by atoms with Crippen molar-refractivity contribution in [2.75, 3.05) is 13.6 Å². The smallest absolute Gasteiger partial charge is 0.101 e. The Kier molecular flexibility index (Phi) is 4.94. The molecule has 0 unspecified atom stereocenters. The molecule has 1 rings (SSSR count). The Hall–Kier alpha value is -1.40. The summed E-state index contributed by atoms with van der Waals surface area (Å²) in [6, 6.07) is 4.17. The van der Waals surface area contributed by atoms with Gasteiger partial charge in [-0.1, -0.05) is 13.8 Å². The molecular weight excluding hydrogens is 198 g/mol. The topological polar surface area (TPSA) is 39.9 Å². The maximum atomic E-state index is 9.01. The second-order valence-electron chi connectivity index (χ2n) is 4.04. The predicted molar refractivity (Wildman–Crippen MR) is 65.0 cm³/mol. The number of nitrogens with zero attached hydrogens (tertiary/aromatic N) is 3. The average Bonchev–Trinajstić information content (AvgIpc) is 2.29. The first-order valence-electron chi connectivity index (χ1n) is 5.77. The predicted octanol–water partition coefficient (Wildman–Crippen LogP) is 2.36. The monoisotopic (exact) mass is 217 g/mol. The molecule has 0 saturated heterocycles. The van der Waals surface area contributed by atoms with Crippen molar-refractivity contribution in [2.45, 2.75) is 33.2 Å². The van der Waals surface area contributed by atoms with Gasteiger partial charge in [0.25, 0.3) is 0 Å². The quantitative estimate of drug-likeness (QED) is 0.760. The van der Waals surface area contributed by atoms with Gasteiger partial charge in [0, 0.05) is 12.7 Å². The Labute approximate surface area is 97.7 Å². The van der Waals surface area contributed by atoms with Crippen molar-refractivity contribution in [1.29, 1.82) is 5.26 Å². The van der Waals surface area contributed by atoms with Gasteiger partial charge in [-0.2, -0.15) is 5.26 Å². The zero-order chi connectivity index (χ0) is 12.0. The molecule has 16 heavy (non-hydrogen) atoms. The van der Waals surface area contributed by atoms with Crippen molar-refractivity contribution in [2.24, 2.45) is 0 Å². The van der Waals surface area contributed by atoms with E-state index >= 15 is 0 Å². The fourth-order valence-electron chi connectivity index (χ4n) is 1.77. The highest BCUT2D eigenvalue weighted by Crippen LogP contribution is 2.10. The second-order valence-corrected chi connectivity index (χ2v) is 4.04. The number of pyridine rings is 1. The van der Waals surface area contributed by atoms with Gasteiger partial charge in [0.2, 0.25) is 0 Å². The van der Waals surface area contributed by atoms with Crippen molar-refractivity contribution in [1.82, 2.24) is 9.88 Å². The van der Waals surface area contributed by atoms with E-state index in [9.17, 15) is 0 Å². The van der Waals surface area contributed by atoms with Gasteiger partial charge in [-0.25, -0.2) is 0 Å². The minimum absolute atomic E-state index is 0.713. The summed E-state index contributed by atoms with van der Waals surface area (Å²) < 4.78 is 0. The molecule has 0 radical (unpaired) electrons. The molecule has 0 saturated carbocycles. The Morgan fingerprint density at radius 3 is 2.75 bits per heavy atom. The van der Waals surface area contributed by atoms with Gasteiger partial charge >= 0.3 is 0 Å². The van der Waals surface area contributed by atoms with Gasteiger partial charge in [0.05, 0.1) is 11.3 Å². The van der Waals surface area contributed by atoms with E-state index in [1.807, 2.05) is 19.2 Å². The van der Waals surface area contributed by atoms with Crippen LogP contribution in [0.2, 0.25) is 0 Å². The number of aryl methyl sites for hydroxylation is 1. The zero-order valence-electron chi connectivity index (χ0n) is 10.3. The molecule has 1 aromatic rings. The lowest BCUT2D eigenvalue weighted by Gasteiger charge is -2.15. The van der Waals surface area contributed by atoms with E-state index in [0.717, 1.165) is 37.2 Å². The van der Waals surface area contributed by atoms with E-state index in [1.165, 1.54) is 0 Å². The number of hydrogen-bond donors (Lipinski definition) is 0. The third-order valence-electron chi connectivity index (χ3n) is 2.54. The van der Waals surface area contributed by atoms with Gasteiger partial charge in [-0.15, -0.1) is 0 Å². The Balaban J connectivity index is 2.80. The Bertz CT molecular complexity index is 379. The van der Waals surface area contributed by atoms with E-state index in [0.29, 0.717) is 5.56 Å². The van der Waals surface area contributed by atoms with Crippen LogP contribution in [0.1, 0.15) is 37.1 Å². The Morgan fingerprint density at radius 2 is 2.19 bits per heavy atom. The summed E-state index contributed by atoms with van der Waals surface area (Å²) >= 11 is 0. The SMILES string of the molecule is CCCN(C)Cc1cnc(CC)c(C#N)c1. The van der Waals surface area contributed by atoms with Crippen LogP contribution in [0.3, 0.4) is 0 Å². The molecule has 0 fully saturated rings. The lowest BCUT2D eigenvalue weighted by Crippen LogP contribution is -2.18. The van der Waals surface area contributed by atoms with E-state index in [2.05, 4.69) is 29.9 Å². The van der Waals surface area contributed by atoms with Crippen LogP contribution < -0.4 is 0 Å². The van der Waals surface area contributed by atoms with E-state index in [1.54, 1.807) is 0 Å². The molecule has 0 N–H and O–H groups in total. The first kappa shape index (κ1) is 12.7. The summed E-state index contributed by atoms with van der Waals surface area (Å²) in [5.74, 6) is 0. The minimum Gasteiger partial charge on any atom is -0.302 e. The third kappa shape index (κ3) is 3.32. The van der Waals surface area contributed by atoms with Crippen molar-refractivity contribution >= 4 is 0 Å². The first-order chi connectivity index (χ1) is 7.71. The molecule has 0 aromatic carbocycles. The molecule has 0 amide bonds. The van der Waals surface area contributed by atoms with Crippen LogP contribution in [-0.4, -0.2) is 23.5 Å². The van der Waals surface area contributed by atoms with Gasteiger partial charge in [-0.3, -0.25) is 4.98 Å². The average molecular weight is 217 g/mol. The van der Waals surface area contributed by atoms with Gasteiger partial charge < -0.3 is 4.90 Å². The minimum atomic E-state index is 0.713. The largest absolute Gasteiger partial charge is 0.302 e. The lowest BCUT2D eigenvalue weighted by molar-refractivity contribution is 0.327. The summed E-state index contributed by atoms with van der Waals surface area (Å²) in [6.45, 7) is 6.11. The highest BCUT2D eigenvalue weighted by atomic mass is 15.1. The maximum Gasteiger partial charge on any atom is 0.101 e. The molecule has 0 bridgehead atoms. The van der Waals surface area contributed by atoms with Gasteiger partial charge in [0.15, 0.2) is 0 Å². The van der Waals surface area contributed by atoms with Crippen LogP contribution in [0.4, 0.5) is 0 Å². The fraction of sp³-hybridized carbons (Fsp3) is 0.538. The molecule has 3 heteroatoms. The van der Waals surface area contributed by atoms with E-state index in [4.69, 9.17) is 5.26 Å². The number of hydrogen-bond acceptors (Lipinski definition) is 3. The summed E-state index contributed by atoms with van der Waals surface area (Å²) in [4.78, 5) is 6.57. The highest BCUT2D eigenvalue weighted by Gasteiger charge is 2.05. The summed E-state index contributed by atoms with van der Waals surface area (Å²) in [5.41, 5.74) is 2.72. The number of aromatic nitrogens is 1. The van der Waals surface area contributed by atoms with Crippen LogP contribution in [0.25, 0.3) is 0 Å². The van der Waals surface area contributed by atoms with Crippen molar-refractivity contribution in [3.05, 3.63) is 29.1 Å². The summed E-state index contributed by atoms with van der Waals surface area (Å²) in [5, 5.41) is 9.01. The number of rotatable bonds is 5. The first-order valence-corrected chi connectivity index (χ1v) is 5.77. The van der Waals surface area contributed by atoms with Crippen LogP contribution in [0.15, 0.2) is 12.3 Å². The van der Waals surface area contributed by atoms with Crippen molar-refractivity contribution in [3.63, 3.8) is 0 Å². The molecule has 0 aliphatic rings. The molecule has 1 aromatic heterocycles. The van der Waals surface area contributed by atoms with E-state index in [-0.39, 0.29) is 0 Å². The van der Waals surface area contributed by atoms with Crippen molar-refractivity contribution in [3.8, 4) is 6.07 Å². The summed E-state index contributed by atoms with van der Waals surface area (Å²) in [6.07, 6.45) is 3.84. The third-order valence-corrected chi connectivity index (χ3v) is 2.54. The molecule has 0 aliphatic heterocycles. The molecule has 1 heterocycles. The maximum absolute atomic E-state index is 9.01. The second kappa shape index (κ2) is 6.24. The lowest BCUT2D eigenvalue weighted by atomic mass is 10.1. The molecular formula is C13H19N3. The normalized spacial score (nSPS) is 10.4. The molecule has 0 spiro atoms. The van der Waals surface area contributed by atoms with Crippen LogP contribution >= 0.6 is 0 Å². The zero-order valence-corrected chi connectivity index (χ0v) is 10.3. The molecule has 0 aliphatic carbocycles. The van der Waals surface area contributed by atoms with Crippen LogP contribution in [-0.2, 0) is 13.0 Å². The number of nitriles is 1. The van der Waals surface area contributed by atoms with E-state index < -0.39 is 0 Å². The Morgan fingerprint density at radius 1 is 1.44 bits per heavy atom. The van der Waals surface area contributed by atoms with Gasteiger partial charge in [0.1, 0.15) is 6.07 Å². The van der Waals surface area contributed by atoms with Gasteiger partial charge in [-0.05, 0) is 38.1 Å². The fourth-order valence-corrected chi connectivity index (χ4v) is 1.77. The molecule has 86 valence electrons. The highest BCUT2D eigenvalue weighted by molar-refractivity contribution is 5.35. The molecule has 3 nitrogen and oxygen atoms in total. The standard InChI is InChI=1S/C13H19N3/c1-4-6-16(3)10-11-7-12(8-14)13(5-2)15-9-11/h7,9H,4-6,10H2,1-3H3.